The third kappa shape index (κ3) is 3.05. The first-order chi connectivity index (χ1) is 11.9. The Morgan fingerprint density at radius 3 is 2.23 bits per heavy atom. The molecule has 0 aliphatic rings. The molecule has 26 heavy (non-hydrogen) atoms. The van der Waals surface area contributed by atoms with Crippen LogP contribution in [0.5, 0.6) is 0 Å². The van der Waals surface area contributed by atoms with Gasteiger partial charge in [-0.05, 0) is 36.8 Å². The van der Waals surface area contributed by atoms with Crippen LogP contribution in [0.4, 0.5) is 32.2 Å². The topological polar surface area (TPSA) is 56.7 Å². The molecule has 138 valence electrons. The van der Waals surface area contributed by atoms with E-state index in [0.29, 0.717) is 10.6 Å². The number of nitrogens with zero attached hydrogens (tertiary/aromatic N) is 3. The van der Waals surface area contributed by atoms with Crippen LogP contribution in [-0.4, -0.2) is 14.8 Å². The van der Waals surface area contributed by atoms with E-state index < -0.39 is 40.5 Å². The minimum atomic E-state index is -5.07. The number of benzene rings is 1. The maximum absolute atomic E-state index is 13.3. The van der Waals surface area contributed by atoms with Crippen molar-refractivity contribution in [3.05, 3.63) is 46.1 Å². The standard InChI is InChI=1S/C15H9ClF6N4/c1-6-4-7(16)2-3-9(6)26-12(23)11-8(14(17,18)19)5-10(15(20,21)22)24-13(11)25-26/h2-5H,23H2,1H3. The zero-order valence-electron chi connectivity index (χ0n) is 12.9. The fourth-order valence-corrected chi connectivity index (χ4v) is 2.75. The molecule has 0 unspecified atom stereocenters. The molecule has 0 fully saturated rings. The lowest BCUT2D eigenvalue weighted by Crippen LogP contribution is -2.13. The molecule has 0 aliphatic carbocycles. The van der Waals surface area contributed by atoms with Crippen LogP contribution < -0.4 is 5.73 Å². The van der Waals surface area contributed by atoms with Gasteiger partial charge in [0.25, 0.3) is 0 Å². The Hall–Kier alpha value is -2.49. The quantitative estimate of drug-likeness (QED) is 0.591. The lowest BCUT2D eigenvalue weighted by molar-refractivity contribution is -0.144. The summed E-state index contributed by atoms with van der Waals surface area (Å²) in [6, 6.07) is 4.34. The van der Waals surface area contributed by atoms with Crippen molar-refractivity contribution in [1.82, 2.24) is 14.8 Å². The number of hydrogen-bond acceptors (Lipinski definition) is 3. The molecule has 0 radical (unpaired) electrons. The highest BCUT2D eigenvalue weighted by atomic mass is 35.5. The van der Waals surface area contributed by atoms with Gasteiger partial charge < -0.3 is 5.73 Å². The second-order valence-electron chi connectivity index (χ2n) is 5.48. The summed E-state index contributed by atoms with van der Waals surface area (Å²) in [5, 5.41) is 3.43. The number of anilines is 1. The molecule has 0 atom stereocenters. The van der Waals surface area contributed by atoms with Crippen LogP contribution in [0.25, 0.3) is 16.7 Å². The molecule has 0 saturated heterocycles. The summed E-state index contributed by atoms with van der Waals surface area (Å²) >= 11 is 5.83. The second kappa shape index (κ2) is 5.76. The van der Waals surface area contributed by atoms with Gasteiger partial charge in [-0.1, -0.05) is 11.6 Å². The summed E-state index contributed by atoms with van der Waals surface area (Å²) in [4.78, 5) is 3.21. The summed E-state index contributed by atoms with van der Waals surface area (Å²) in [5.41, 5.74) is 2.57. The molecule has 0 bridgehead atoms. The van der Waals surface area contributed by atoms with E-state index in [1.165, 1.54) is 18.2 Å². The number of halogens is 7. The Morgan fingerprint density at radius 2 is 1.69 bits per heavy atom. The Balaban J connectivity index is 2.38. The molecule has 0 aliphatic heterocycles. The average molecular weight is 395 g/mol. The Kier molecular flexibility index (Phi) is 4.06. The first-order valence-electron chi connectivity index (χ1n) is 6.99. The van der Waals surface area contributed by atoms with E-state index >= 15 is 0 Å². The molecule has 3 rings (SSSR count). The Bertz CT molecular complexity index is 1010. The monoisotopic (exact) mass is 394 g/mol. The normalized spacial score (nSPS) is 12.8. The number of aryl methyl sites for hydroxylation is 1. The van der Waals surface area contributed by atoms with Gasteiger partial charge in [-0.25, -0.2) is 9.67 Å². The first kappa shape index (κ1) is 18.3. The summed E-state index contributed by atoms with van der Waals surface area (Å²) < 4.78 is 79.6. The minimum absolute atomic E-state index is 0.0700. The molecule has 4 nitrogen and oxygen atoms in total. The van der Waals surface area contributed by atoms with Gasteiger partial charge in [0.1, 0.15) is 11.5 Å². The van der Waals surface area contributed by atoms with Crippen LogP contribution in [0, 0.1) is 6.92 Å². The molecular weight excluding hydrogens is 386 g/mol. The van der Waals surface area contributed by atoms with Crippen molar-refractivity contribution in [2.45, 2.75) is 19.3 Å². The number of nitrogens with two attached hydrogens (primary N) is 1. The van der Waals surface area contributed by atoms with Crippen LogP contribution in [0.2, 0.25) is 5.02 Å². The van der Waals surface area contributed by atoms with Crippen LogP contribution in [0.1, 0.15) is 16.8 Å². The lowest BCUT2D eigenvalue weighted by atomic mass is 10.1. The largest absolute Gasteiger partial charge is 0.433 e. The highest BCUT2D eigenvalue weighted by Gasteiger charge is 2.41. The fourth-order valence-electron chi connectivity index (χ4n) is 2.52. The molecule has 0 amide bonds. The molecule has 11 heteroatoms. The number of pyridine rings is 1. The second-order valence-corrected chi connectivity index (χ2v) is 5.91. The van der Waals surface area contributed by atoms with Crippen molar-refractivity contribution in [2.24, 2.45) is 0 Å². The molecule has 1 aromatic carbocycles. The van der Waals surface area contributed by atoms with Crippen molar-refractivity contribution < 1.29 is 26.3 Å². The number of fused-ring (bicyclic) bond motifs is 1. The number of alkyl halides is 6. The third-order valence-corrected chi connectivity index (χ3v) is 3.90. The number of aromatic nitrogens is 3. The smallest absolute Gasteiger partial charge is 0.383 e. The van der Waals surface area contributed by atoms with Crippen LogP contribution >= 0.6 is 11.6 Å². The van der Waals surface area contributed by atoms with Crippen molar-refractivity contribution in [2.75, 3.05) is 5.73 Å². The van der Waals surface area contributed by atoms with E-state index in [2.05, 4.69) is 10.1 Å². The number of hydrogen-bond donors (Lipinski definition) is 1. The van der Waals surface area contributed by atoms with E-state index in [1.54, 1.807) is 6.92 Å². The predicted molar refractivity (Wildman–Crippen MR) is 83.0 cm³/mol. The van der Waals surface area contributed by atoms with Crippen molar-refractivity contribution in [1.29, 1.82) is 0 Å². The maximum atomic E-state index is 13.3. The average Bonchev–Trinajstić information content (AvgIpc) is 2.81. The van der Waals surface area contributed by atoms with E-state index in [0.717, 1.165) is 4.68 Å². The molecule has 2 aromatic heterocycles. The van der Waals surface area contributed by atoms with Gasteiger partial charge in [0.15, 0.2) is 5.65 Å². The zero-order chi connectivity index (χ0) is 19.4. The number of rotatable bonds is 1. The zero-order valence-corrected chi connectivity index (χ0v) is 13.6. The highest BCUT2D eigenvalue weighted by Crippen LogP contribution is 2.41. The van der Waals surface area contributed by atoms with E-state index in [1.807, 2.05) is 0 Å². The van der Waals surface area contributed by atoms with Gasteiger partial charge in [-0.3, -0.25) is 0 Å². The van der Waals surface area contributed by atoms with Gasteiger partial charge >= 0.3 is 12.4 Å². The molecule has 2 heterocycles. The predicted octanol–water partition coefficient (Wildman–Crippen LogP) is 5.00. The summed E-state index contributed by atoms with van der Waals surface area (Å²) in [6.07, 6.45) is -10.1. The summed E-state index contributed by atoms with van der Waals surface area (Å²) in [5.74, 6) is -0.473. The molecule has 3 aromatic rings. The van der Waals surface area contributed by atoms with Gasteiger partial charge in [0.2, 0.25) is 0 Å². The minimum Gasteiger partial charge on any atom is -0.383 e. The van der Waals surface area contributed by atoms with Crippen molar-refractivity contribution in [3.8, 4) is 5.69 Å². The first-order valence-corrected chi connectivity index (χ1v) is 7.37. The van der Waals surface area contributed by atoms with E-state index in [9.17, 15) is 26.3 Å². The van der Waals surface area contributed by atoms with Crippen molar-refractivity contribution >= 4 is 28.5 Å². The summed E-state index contributed by atoms with van der Waals surface area (Å²) in [6.45, 7) is 1.60. The van der Waals surface area contributed by atoms with Crippen LogP contribution in [-0.2, 0) is 12.4 Å². The molecule has 2 N–H and O–H groups in total. The van der Waals surface area contributed by atoms with Gasteiger partial charge in [-0.2, -0.15) is 26.3 Å². The van der Waals surface area contributed by atoms with E-state index in [-0.39, 0.29) is 11.8 Å². The molecular formula is C15H9ClF6N4. The van der Waals surface area contributed by atoms with Crippen LogP contribution in [0.15, 0.2) is 24.3 Å². The molecule has 0 saturated carbocycles. The maximum Gasteiger partial charge on any atom is 0.433 e. The Morgan fingerprint density at radius 1 is 1.04 bits per heavy atom. The summed E-state index contributed by atoms with van der Waals surface area (Å²) in [7, 11) is 0. The van der Waals surface area contributed by atoms with Gasteiger partial charge in [0, 0.05) is 5.02 Å². The Labute approximate surface area is 147 Å². The number of nitrogen functional groups attached to an aromatic ring is 1. The highest BCUT2D eigenvalue weighted by molar-refractivity contribution is 6.30. The van der Waals surface area contributed by atoms with Gasteiger partial charge in [0.05, 0.1) is 16.6 Å². The third-order valence-electron chi connectivity index (χ3n) is 3.66. The van der Waals surface area contributed by atoms with Gasteiger partial charge in [-0.15, -0.1) is 5.10 Å². The molecule has 0 spiro atoms. The SMILES string of the molecule is Cc1cc(Cl)ccc1-n1nc2nc(C(F)(F)F)cc(C(F)(F)F)c2c1N. The van der Waals surface area contributed by atoms with Crippen molar-refractivity contribution in [3.63, 3.8) is 0 Å². The lowest BCUT2D eigenvalue weighted by Gasteiger charge is -2.12. The van der Waals surface area contributed by atoms with E-state index in [4.69, 9.17) is 17.3 Å². The fraction of sp³-hybridized carbons (Fsp3) is 0.200. The van der Waals surface area contributed by atoms with Crippen LogP contribution in [0.3, 0.4) is 0 Å².